The molecule has 1 unspecified atom stereocenters. The van der Waals surface area contributed by atoms with Crippen molar-refractivity contribution in [2.45, 2.75) is 58.2 Å². The predicted octanol–water partition coefficient (Wildman–Crippen LogP) is 5.06. The molecule has 0 saturated carbocycles. The molecule has 8 rings (SSSR count). The normalized spacial score (nSPS) is 16.4. The fourth-order valence-electron chi connectivity index (χ4n) is 7.90. The Bertz CT molecular complexity index is 2520. The zero-order chi connectivity index (χ0) is 43.2. The van der Waals surface area contributed by atoms with Crippen molar-refractivity contribution in [2.24, 2.45) is 0 Å². The number of imide groups is 1. The number of fused-ring (bicyclic) bond motifs is 1. The van der Waals surface area contributed by atoms with E-state index in [0.717, 1.165) is 28.1 Å². The maximum Gasteiger partial charge on any atom is 0.255 e. The molecule has 2 fully saturated rings. The molecule has 5 aromatic rings. The Balaban J connectivity index is 0.759. The summed E-state index contributed by atoms with van der Waals surface area (Å²) < 4.78 is 0. The second-order valence-electron chi connectivity index (χ2n) is 15.6. The van der Waals surface area contributed by atoms with Gasteiger partial charge in [-0.05, 0) is 85.5 Å². The van der Waals surface area contributed by atoms with Gasteiger partial charge in [-0.15, -0.1) is 0 Å². The van der Waals surface area contributed by atoms with E-state index in [4.69, 9.17) is 0 Å². The fourth-order valence-corrected chi connectivity index (χ4v) is 7.90. The third kappa shape index (κ3) is 9.66. The maximum absolute atomic E-state index is 13.2. The first-order valence-electron chi connectivity index (χ1n) is 20.7. The van der Waals surface area contributed by atoms with Gasteiger partial charge in [0, 0.05) is 116 Å². The van der Waals surface area contributed by atoms with E-state index in [1.54, 1.807) is 36.8 Å². The molecular formula is C46H46N10O6. The summed E-state index contributed by atoms with van der Waals surface area (Å²) in [4.78, 5) is 95.1. The average molecular weight is 835 g/mol. The molecule has 2 saturated heterocycles. The van der Waals surface area contributed by atoms with E-state index >= 15 is 0 Å². The number of nitrogens with one attached hydrogen (secondary N) is 4. The number of anilines is 4. The molecule has 316 valence electrons. The number of piperidine rings is 1. The minimum absolute atomic E-state index is 0.00117. The van der Waals surface area contributed by atoms with Crippen LogP contribution in [0.15, 0.2) is 97.5 Å². The van der Waals surface area contributed by atoms with Crippen molar-refractivity contribution in [2.75, 3.05) is 42.1 Å². The van der Waals surface area contributed by atoms with E-state index in [-0.39, 0.29) is 61.8 Å². The minimum atomic E-state index is -0.744. The Morgan fingerprint density at radius 1 is 0.855 bits per heavy atom. The second kappa shape index (κ2) is 18.5. The van der Waals surface area contributed by atoms with Crippen molar-refractivity contribution < 1.29 is 28.8 Å². The van der Waals surface area contributed by atoms with Crippen LogP contribution in [0.3, 0.4) is 0 Å². The van der Waals surface area contributed by atoms with Crippen LogP contribution < -0.4 is 21.3 Å². The number of nitrogens with zero attached hydrogens (tertiary/aromatic N) is 6. The summed E-state index contributed by atoms with van der Waals surface area (Å²) >= 11 is 0. The van der Waals surface area contributed by atoms with Crippen LogP contribution in [0.2, 0.25) is 0 Å². The van der Waals surface area contributed by atoms with Crippen LogP contribution in [-0.2, 0) is 32.3 Å². The molecule has 3 aliphatic heterocycles. The summed E-state index contributed by atoms with van der Waals surface area (Å²) in [5.74, 6) is -1.23. The van der Waals surface area contributed by atoms with E-state index in [1.165, 1.54) is 4.90 Å². The Kier molecular flexibility index (Phi) is 12.4. The number of benzene rings is 3. The third-order valence-corrected chi connectivity index (χ3v) is 11.4. The highest BCUT2D eigenvalue weighted by atomic mass is 16.2. The highest BCUT2D eigenvalue weighted by Gasteiger charge is 2.40. The highest BCUT2D eigenvalue weighted by molar-refractivity contribution is 6.07. The molecule has 62 heavy (non-hydrogen) atoms. The summed E-state index contributed by atoms with van der Waals surface area (Å²) in [7, 11) is 0. The number of aryl methyl sites for hydroxylation is 1. The highest BCUT2D eigenvalue weighted by Crippen LogP contribution is 2.33. The monoisotopic (exact) mass is 834 g/mol. The van der Waals surface area contributed by atoms with Gasteiger partial charge >= 0.3 is 0 Å². The lowest BCUT2D eigenvalue weighted by molar-refractivity contribution is -0.137. The number of amides is 6. The van der Waals surface area contributed by atoms with Gasteiger partial charge in [0.2, 0.25) is 29.6 Å². The Labute approximate surface area is 358 Å². The number of carbonyl (C=O) groups excluding carboxylic acids is 6. The van der Waals surface area contributed by atoms with Crippen molar-refractivity contribution in [3.8, 4) is 11.3 Å². The number of aromatic nitrogens is 3. The molecular weight excluding hydrogens is 789 g/mol. The molecule has 0 spiro atoms. The van der Waals surface area contributed by atoms with E-state index < -0.39 is 11.9 Å². The van der Waals surface area contributed by atoms with Crippen molar-refractivity contribution in [3.05, 3.63) is 125 Å². The Morgan fingerprint density at radius 2 is 1.68 bits per heavy atom. The molecule has 4 N–H and O–H groups in total. The van der Waals surface area contributed by atoms with Crippen molar-refractivity contribution in [1.29, 1.82) is 0 Å². The van der Waals surface area contributed by atoms with Crippen LogP contribution >= 0.6 is 0 Å². The van der Waals surface area contributed by atoms with E-state index in [9.17, 15) is 28.8 Å². The van der Waals surface area contributed by atoms with Crippen molar-refractivity contribution >= 4 is 58.5 Å². The molecule has 0 bridgehead atoms. The Hall–Kier alpha value is -7.33. The average Bonchev–Trinajstić information content (AvgIpc) is 3.62. The topological polar surface area (TPSA) is 199 Å². The maximum atomic E-state index is 13.2. The van der Waals surface area contributed by atoms with Gasteiger partial charge in [0.15, 0.2) is 0 Å². The molecule has 16 nitrogen and oxygen atoms in total. The molecule has 6 amide bonds. The first-order chi connectivity index (χ1) is 30.1. The first kappa shape index (κ1) is 41.4. The standard InChI is InChI=1S/C46H46N10O6/c1-29-10-15-33(25-38(29)52-46-48-20-18-36(51-46)32-5-4-19-47-26-32)49-43(60)31-13-11-30(12-14-31)27-54-21-23-55(24-22-54)42(59)9-3-8-40(57)50-37-7-2-6-34-35(37)28-56(45(34)62)39-16-17-41(58)53-44(39)61/h2,4-7,10-15,18-20,25-26,39H,3,8-9,16-17,21-24,27-28H2,1H3,(H,49,60)(H,50,57)(H,48,51,52)(H,53,58,61). The summed E-state index contributed by atoms with van der Waals surface area (Å²) in [6.07, 6.45) is 6.30. The van der Waals surface area contributed by atoms with Crippen LogP contribution in [-0.4, -0.2) is 97.3 Å². The molecule has 3 aliphatic rings. The zero-order valence-corrected chi connectivity index (χ0v) is 34.2. The smallest absolute Gasteiger partial charge is 0.255 e. The van der Waals surface area contributed by atoms with Gasteiger partial charge in [0.25, 0.3) is 11.8 Å². The largest absolute Gasteiger partial charge is 0.340 e. The fraction of sp³-hybridized carbons (Fsp3) is 0.283. The first-order valence-corrected chi connectivity index (χ1v) is 20.7. The van der Waals surface area contributed by atoms with E-state index in [0.29, 0.717) is 73.2 Å². The van der Waals surface area contributed by atoms with Crippen molar-refractivity contribution in [3.63, 3.8) is 0 Å². The van der Waals surface area contributed by atoms with Crippen LogP contribution in [0.25, 0.3) is 11.3 Å². The third-order valence-electron chi connectivity index (χ3n) is 11.4. The lowest BCUT2D eigenvalue weighted by atomic mass is 10.0. The molecule has 0 aliphatic carbocycles. The molecule has 1 atom stereocenters. The number of carbonyl (C=O) groups is 6. The summed E-state index contributed by atoms with van der Waals surface area (Å²) in [5, 5.41) is 11.4. The van der Waals surface area contributed by atoms with Crippen molar-refractivity contribution in [1.82, 2.24) is 35.0 Å². The lowest BCUT2D eigenvalue weighted by Crippen LogP contribution is -2.52. The number of hydrogen-bond acceptors (Lipinski definition) is 11. The van der Waals surface area contributed by atoms with E-state index in [2.05, 4.69) is 41.1 Å². The summed E-state index contributed by atoms with van der Waals surface area (Å²) in [6.45, 7) is 5.35. The van der Waals surface area contributed by atoms with Gasteiger partial charge in [-0.2, -0.15) is 0 Å². The molecule has 0 radical (unpaired) electrons. The predicted molar refractivity (Wildman–Crippen MR) is 231 cm³/mol. The summed E-state index contributed by atoms with van der Waals surface area (Å²) in [6, 6.07) is 23.1. The van der Waals surface area contributed by atoms with Gasteiger partial charge in [-0.3, -0.25) is 44.0 Å². The number of piperazine rings is 1. The second-order valence-corrected chi connectivity index (χ2v) is 15.6. The number of rotatable bonds is 13. The van der Waals surface area contributed by atoms with Gasteiger partial charge in [0.05, 0.1) is 5.69 Å². The van der Waals surface area contributed by atoms with Crippen LogP contribution in [0, 0.1) is 6.92 Å². The van der Waals surface area contributed by atoms with Crippen LogP contribution in [0.4, 0.5) is 23.0 Å². The SMILES string of the molecule is Cc1ccc(NC(=O)c2ccc(CN3CCN(C(=O)CCCC(=O)Nc4cccc5c4CN(C4CCC(=O)NC4=O)C5=O)CC3)cc2)cc1Nc1nccc(-c2cccnc2)n1. The van der Waals surface area contributed by atoms with Crippen LogP contribution in [0.1, 0.15) is 69.5 Å². The number of pyridine rings is 1. The lowest BCUT2D eigenvalue weighted by Gasteiger charge is -2.34. The molecule has 3 aromatic carbocycles. The minimum Gasteiger partial charge on any atom is -0.340 e. The molecule has 16 heteroatoms. The van der Waals surface area contributed by atoms with Crippen LogP contribution in [0.5, 0.6) is 0 Å². The van der Waals surface area contributed by atoms with Gasteiger partial charge in [0.1, 0.15) is 6.04 Å². The van der Waals surface area contributed by atoms with Gasteiger partial charge in [-0.25, -0.2) is 9.97 Å². The van der Waals surface area contributed by atoms with E-state index in [1.807, 2.05) is 72.5 Å². The quantitative estimate of drug-likeness (QED) is 0.116. The molecule has 5 heterocycles. The summed E-state index contributed by atoms with van der Waals surface area (Å²) in [5.41, 5.74) is 7.10. The Morgan fingerprint density at radius 3 is 2.45 bits per heavy atom. The molecule has 2 aromatic heterocycles. The van der Waals surface area contributed by atoms with Gasteiger partial charge < -0.3 is 25.8 Å². The zero-order valence-electron chi connectivity index (χ0n) is 34.2. The van der Waals surface area contributed by atoms with Gasteiger partial charge in [-0.1, -0.05) is 24.3 Å². The number of hydrogen-bond donors (Lipinski definition) is 4.